The molecule has 0 bridgehead atoms. The van der Waals surface area contributed by atoms with Crippen molar-refractivity contribution in [1.82, 2.24) is 4.90 Å². The predicted octanol–water partition coefficient (Wildman–Crippen LogP) is 2.99. The summed E-state index contributed by atoms with van der Waals surface area (Å²) < 4.78 is 4.75. The van der Waals surface area contributed by atoms with Crippen LogP contribution in [-0.2, 0) is 4.74 Å². The number of hydrogen-bond donors (Lipinski definition) is 0. The van der Waals surface area contributed by atoms with Crippen molar-refractivity contribution in [1.29, 1.82) is 0 Å². The van der Waals surface area contributed by atoms with Gasteiger partial charge in [0.2, 0.25) is 0 Å². The van der Waals surface area contributed by atoms with Gasteiger partial charge < -0.3 is 9.64 Å². The van der Waals surface area contributed by atoms with E-state index in [-0.39, 0.29) is 6.09 Å². The molecule has 1 fully saturated rings. The largest absolute Gasteiger partial charge is 0.453 e. The van der Waals surface area contributed by atoms with Gasteiger partial charge in [-0.2, -0.15) is 11.8 Å². The summed E-state index contributed by atoms with van der Waals surface area (Å²) in [5.74, 6) is 0.984. The van der Waals surface area contributed by atoms with Crippen LogP contribution in [-0.4, -0.2) is 36.9 Å². The smallest absolute Gasteiger partial charge is 0.409 e. The van der Waals surface area contributed by atoms with Gasteiger partial charge in [0.25, 0.3) is 0 Å². The van der Waals surface area contributed by atoms with Crippen LogP contribution in [0.15, 0.2) is 17.5 Å². The van der Waals surface area contributed by atoms with Crippen LogP contribution in [0.25, 0.3) is 0 Å². The molecule has 16 heavy (non-hydrogen) atoms. The summed E-state index contributed by atoms with van der Waals surface area (Å²) >= 11 is 3.73. The van der Waals surface area contributed by atoms with E-state index in [9.17, 15) is 4.79 Å². The summed E-state index contributed by atoms with van der Waals surface area (Å²) in [5.41, 5.74) is 0. The van der Waals surface area contributed by atoms with Crippen LogP contribution < -0.4 is 0 Å². The van der Waals surface area contributed by atoms with Gasteiger partial charge in [-0.25, -0.2) is 4.79 Å². The Bertz CT molecular complexity index is 340. The van der Waals surface area contributed by atoms with E-state index < -0.39 is 0 Å². The first-order valence-corrected chi connectivity index (χ1v) is 7.22. The lowest BCUT2D eigenvalue weighted by Gasteiger charge is -2.17. The Morgan fingerprint density at radius 2 is 2.44 bits per heavy atom. The maximum absolute atomic E-state index is 11.4. The zero-order chi connectivity index (χ0) is 11.4. The minimum atomic E-state index is -0.201. The standard InChI is InChI=1S/C11H15NO2S2/c1-14-11(13)12-5-4-10(16-8-6-12)9-3-2-7-15-9/h2-3,7,10H,4-6,8H2,1H3/t10-/m0/s1. The van der Waals surface area contributed by atoms with Gasteiger partial charge in [-0.3, -0.25) is 0 Å². The molecule has 1 aliphatic rings. The van der Waals surface area contributed by atoms with Gasteiger partial charge in [-0.05, 0) is 17.9 Å². The van der Waals surface area contributed by atoms with Crippen LogP contribution >= 0.6 is 23.1 Å². The van der Waals surface area contributed by atoms with Crippen molar-refractivity contribution in [2.45, 2.75) is 11.7 Å². The summed E-state index contributed by atoms with van der Waals surface area (Å²) in [6.07, 6.45) is 0.813. The molecule has 0 spiro atoms. The number of methoxy groups -OCH3 is 1. The normalized spacial score (nSPS) is 21.6. The monoisotopic (exact) mass is 257 g/mol. The Labute approximate surface area is 104 Å². The van der Waals surface area contributed by atoms with Crippen molar-refractivity contribution in [2.24, 2.45) is 0 Å². The molecule has 0 unspecified atom stereocenters. The first-order chi connectivity index (χ1) is 7.81. The molecule has 2 heterocycles. The average molecular weight is 257 g/mol. The van der Waals surface area contributed by atoms with E-state index in [4.69, 9.17) is 4.74 Å². The van der Waals surface area contributed by atoms with Crippen molar-refractivity contribution in [3.63, 3.8) is 0 Å². The van der Waals surface area contributed by atoms with E-state index in [1.165, 1.54) is 12.0 Å². The topological polar surface area (TPSA) is 29.5 Å². The Morgan fingerprint density at radius 3 is 3.12 bits per heavy atom. The van der Waals surface area contributed by atoms with E-state index in [1.54, 1.807) is 16.2 Å². The zero-order valence-electron chi connectivity index (χ0n) is 9.22. The molecule has 0 aromatic carbocycles. The summed E-state index contributed by atoms with van der Waals surface area (Å²) in [6, 6.07) is 4.26. The van der Waals surface area contributed by atoms with Gasteiger partial charge in [0.15, 0.2) is 0 Å². The highest BCUT2D eigenvalue weighted by Gasteiger charge is 2.22. The second-order valence-electron chi connectivity index (χ2n) is 3.62. The van der Waals surface area contributed by atoms with Crippen LogP contribution in [0, 0.1) is 0 Å². The summed E-state index contributed by atoms with van der Waals surface area (Å²) in [4.78, 5) is 14.6. The fraction of sp³-hybridized carbons (Fsp3) is 0.545. The third-order valence-corrected chi connectivity index (χ3v) is 5.08. The van der Waals surface area contributed by atoms with E-state index in [1.807, 2.05) is 11.8 Å². The molecule has 3 nitrogen and oxygen atoms in total. The first kappa shape index (κ1) is 11.8. The van der Waals surface area contributed by atoms with Crippen molar-refractivity contribution < 1.29 is 9.53 Å². The summed E-state index contributed by atoms with van der Waals surface area (Å²) in [5, 5.41) is 2.65. The third-order valence-electron chi connectivity index (χ3n) is 2.63. The van der Waals surface area contributed by atoms with Crippen molar-refractivity contribution in [2.75, 3.05) is 26.0 Å². The van der Waals surface area contributed by atoms with Crippen LogP contribution in [0.4, 0.5) is 4.79 Å². The number of rotatable bonds is 1. The zero-order valence-corrected chi connectivity index (χ0v) is 10.9. The Balaban J connectivity index is 1.96. The molecule has 1 aromatic rings. The Morgan fingerprint density at radius 1 is 1.56 bits per heavy atom. The lowest BCUT2D eigenvalue weighted by atomic mass is 10.2. The summed E-state index contributed by atoms with van der Waals surface area (Å²) in [6.45, 7) is 1.58. The molecule has 88 valence electrons. The second kappa shape index (κ2) is 5.59. The highest BCUT2D eigenvalue weighted by molar-refractivity contribution is 7.99. The molecule has 0 N–H and O–H groups in total. The molecule has 1 atom stereocenters. The molecule has 0 radical (unpaired) electrons. The van der Waals surface area contributed by atoms with Gasteiger partial charge in [-0.15, -0.1) is 11.3 Å². The number of carbonyl (C=O) groups excluding carboxylic acids is 1. The van der Waals surface area contributed by atoms with E-state index in [0.717, 1.165) is 25.3 Å². The second-order valence-corrected chi connectivity index (χ2v) is 5.91. The lowest BCUT2D eigenvalue weighted by Crippen LogP contribution is -2.32. The number of amides is 1. The van der Waals surface area contributed by atoms with E-state index >= 15 is 0 Å². The van der Waals surface area contributed by atoms with Gasteiger partial charge in [0.1, 0.15) is 0 Å². The molecule has 1 aliphatic heterocycles. The molecule has 0 aliphatic carbocycles. The van der Waals surface area contributed by atoms with Crippen molar-refractivity contribution in [3.8, 4) is 0 Å². The Hall–Kier alpha value is -0.680. The number of thiophene rings is 1. The predicted molar refractivity (Wildman–Crippen MR) is 68.1 cm³/mol. The fourth-order valence-electron chi connectivity index (χ4n) is 1.78. The Kier molecular flexibility index (Phi) is 4.12. The highest BCUT2D eigenvalue weighted by Crippen LogP contribution is 2.36. The minimum absolute atomic E-state index is 0.201. The lowest BCUT2D eigenvalue weighted by molar-refractivity contribution is 0.126. The quantitative estimate of drug-likeness (QED) is 0.774. The highest BCUT2D eigenvalue weighted by atomic mass is 32.2. The number of nitrogens with zero attached hydrogens (tertiary/aromatic N) is 1. The maximum Gasteiger partial charge on any atom is 0.409 e. The minimum Gasteiger partial charge on any atom is -0.453 e. The maximum atomic E-state index is 11.4. The van der Waals surface area contributed by atoms with Gasteiger partial charge in [0, 0.05) is 29.0 Å². The number of thioether (sulfide) groups is 1. The van der Waals surface area contributed by atoms with Crippen LogP contribution in [0.2, 0.25) is 0 Å². The third kappa shape index (κ3) is 2.71. The van der Waals surface area contributed by atoms with Crippen LogP contribution in [0.1, 0.15) is 16.5 Å². The van der Waals surface area contributed by atoms with Gasteiger partial charge >= 0.3 is 6.09 Å². The molecule has 0 saturated carbocycles. The van der Waals surface area contributed by atoms with Crippen LogP contribution in [0.3, 0.4) is 0 Å². The molecular formula is C11H15NO2S2. The van der Waals surface area contributed by atoms with Crippen molar-refractivity contribution in [3.05, 3.63) is 22.4 Å². The van der Waals surface area contributed by atoms with Crippen molar-refractivity contribution >= 4 is 29.2 Å². The number of hydrogen-bond acceptors (Lipinski definition) is 4. The van der Waals surface area contributed by atoms with E-state index in [2.05, 4.69) is 17.5 Å². The molecule has 5 heteroatoms. The first-order valence-electron chi connectivity index (χ1n) is 5.29. The van der Waals surface area contributed by atoms with Gasteiger partial charge in [0.05, 0.1) is 7.11 Å². The SMILES string of the molecule is COC(=O)N1CCS[C@H](c2cccs2)CC1. The van der Waals surface area contributed by atoms with Gasteiger partial charge in [-0.1, -0.05) is 6.07 Å². The summed E-state index contributed by atoms with van der Waals surface area (Å²) in [7, 11) is 1.44. The molecule has 1 aromatic heterocycles. The molecule has 1 amide bonds. The number of ether oxygens (including phenoxy) is 1. The average Bonchev–Trinajstić information content (AvgIpc) is 2.73. The molecular weight excluding hydrogens is 242 g/mol. The number of carbonyl (C=O) groups is 1. The fourth-order valence-corrected chi connectivity index (χ4v) is 4.02. The molecule has 1 saturated heterocycles. The van der Waals surface area contributed by atoms with E-state index in [0.29, 0.717) is 5.25 Å². The molecule has 2 rings (SSSR count). The van der Waals surface area contributed by atoms with Crippen LogP contribution in [0.5, 0.6) is 0 Å².